The second-order valence-corrected chi connectivity index (χ2v) is 6.56. The minimum atomic E-state index is -1.23. The summed E-state index contributed by atoms with van der Waals surface area (Å²) in [6, 6.07) is 0. The van der Waals surface area contributed by atoms with Crippen LogP contribution in [0, 0.1) is 0 Å². The molecule has 0 aliphatic carbocycles. The van der Waals surface area contributed by atoms with E-state index in [-0.39, 0.29) is 28.5 Å². The number of rotatable bonds is 4. The topological polar surface area (TPSA) is 146 Å². The molecule has 3 unspecified atom stereocenters. The molecule has 0 amide bonds. The van der Waals surface area contributed by atoms with Crippen LogP contribution >= 0.6 is 11.3 Å². The van der Waals surface area contributed by atoms with Gasteiger partial charge in [-0.25, -0.2) is 4.57 Å². The number of H-pyrrole nitrogens is 1. The Balaban J connectivity index is 2.00. The highest BCUT2D eigenvalue weighted by molar-refractivity contribution is 7.16. The molecule has 3 N–H and O–H groups in total. The molecule has 3 heterocycles. The third-order valence-corrected chi connectivity index (χ3v) is 4.79. The highest BCUT2D eigenvalue weighted by Gasteiger charge is 2.41. The van der Waals surface area contributed by atoms with Gasteiger partial charge in [-0.1, -0.05) is 18.3 Å². The molecule has 0 radical (unpaired) electrons. The maximum atomic E-state index is 12.4. The van der Waals surface area contributed by atoms with Crippen LogP contribution in [0.1, 0.15) is 32.9 Å². The minimum Gasteiger partial charge on any atom is -0.460 e. The summed E-state index contributed by atoms with van der Waals surface area (Å²) >= 11 is 0.657. The van der Waals surface area contributed by atoms with Crippen molar-refractivity contribution in [1.29, 1.82) is 0 Å². The number of nitrogens with zero attached hydrogens (tertiary/aromatic N) is 2. The van der Waals surface area contributed by atoms with E-state index in [2.05, 4.69) is 9.97 Å². The number of anilines is 1. The van der Waals surface area contributed by atoms with Crippen LogP contribution in [0.15, 0.2) is 9.59 Å². The molecule has 25 heavy (non-hydrogen) atoms. The van der Waals surface area contributed by atoms with Crippen LogP contribution in [-0.2, 0) is 19.1 Å². The third kappa shape index (κ3) is 3.07. The molecule has 1 aliphatic rings. The Morgan fingerprint density at radius 1 is 1.52 bits per heavy atom. The Morgan fingerprint density at radius 2 is 2.24 bits per heavy atom. The first kappa shape index (κ1) is 17.3. The first-order valence-electron chi connectivity index (χ1n) is 7.58. The van der Waals surface area contributed by atoms with E-state index in [1.165, 1.54) is 6.92 Å². The summed E-state index contributed by atoms with van der Waals surface area (Å²) in [5, 5.41) is 0. The summed E-state index contributed by atoms with van der Waals surface area (Å²) in [5.74, 6) is -1.01. The Bertz CT molecular complexity index is 960. The van der Waals surface area contributed by atoms with E-state index in [0.717, 1.165) is 4.57 Å². The maximum Gasteiger partial charge on any atom is 0.312 e. The molecular formula is C14H16N4O6S. The number of nitrogens with two attached hydrogens (primary N) is 1. The van der Waals surface area contributed by atoms with Gasteiger partial charge < -0.3 is 15.2 Å². The Labute approximate surface area is 144 Å². The van der Waals surface area contributed by atoms with Crippen LogP contribution < -0.4 is 16.2 Å². The van der Waals surface area contributed by atoms with E-state index < -0.39 is 34.8 Å². The second kappa shape index (κ2) is 6.41. The standard InChI is InChI=1S/C14H16N4O6S/c1-3-7(23-5(2)19)8-4-6(20)12(24-8)18-10-9(25-14(18)22)11(21)17-13(15)16-10/h7-8,12H,3-4H2,1-2H3,(H3,15,16,17,21). The van der Waals surface area contributed by atoms with Crippen LogP contribution in [0.3, 0.4) is 0 Å². The molecule has 0 aromatic carbocycles. The lowest BCUT2D eigenvalue weighted by atomic mass is 10.1. The van der Waals surface area contributed by atoms with Crippen LogP contribution in [-0.4, -0.2) is 38.5 Å². The largest absolute Gasteiger partial charge is 0.460 e. The lowest BCUT2D eigenvalue weighted by molar-refractivity contribution is -0.156. The van der Waals surface area contributed by atoms with E-state index in [0.29, 0.717) is 17.8 Å². The lowest BCUT2D eigenvalue weighted by Crippen LogP contribution is -2.31. The van der Waals surface area contributed by atoms with Crippen molar-refractivity contribution in [2.45, 2.75) is 45.1 Å². The summed E-state index contributed by atoms with van der Waals surface area (Å²) in [6.45, 7) is 3.06. The van der Waals surface area contributed by atoms with Crippen LogP contribution in [0.4, 0.5) is 5.95 Å². The Kier molecular flexibility index (Phi) is 4.43. The second-order valence-electron chi connectivity index (χ2n) is 5.60. The molecule has 0 saturated carbocycles. The van der Waals surface area contributed by atoms with Crippen LogP contribution in [0.2, 0.25) is 0 Å². The number of carbonyl (C=O) groups excluding carboxylic acids is 2. The fourth-order valence-electron chi connectivity index (χ4n) is 2.80. The molecule has 2 aromatic rings. The fourth-order valence-corrected chi connectivity index (χ4v) is 3.63. The number of esters is 1. The smallest absolute Gasteiger partial charge is 0.312 e. The van der Waals surface area contributed by atoms with Gasteiger partial charge in [0.2, 0.25) is 5.95 Å². The van der Waals surface area contributed by atoms with Gasteiger partial charge in [0.25, 0.3) is 5.56 Å². The number of fused-ring (bicyclic) bond motifs is 1. The normalized spacial score (nSPS) is 21.6. The number of hydrogen-bond donors (Lipinski definition) is 2. The van der Waals surface area contributed by atoms with Gasteiger partial charge in [-0.15, -0.1) is 0 Å². The third-order valence-electron chi connectivity index (χ3n) is 3.84. The zero-order valence-corrected chi connectivity index (χ0v) is 14.3. The number of nitrogens with one attached hydrogen (secondary N) is 1. The van der Waals surface area contributed by atoms with Gasteiger partial charge in [0, 0.05) is 13.3 Å². The first-order chi connectivity index (χ1) is 11.8. The van der Waals surface area contributed by atoms with Crippen molar-refractivity contribution in [3.05, 3.63) is 20.0 Å². The molecule has 3 rings (SSSR count). The molecule has 1 aliphatic heterocycles. The Hall–Kier alpha value is -2.53. The van der Waals surface area contributed by atoms with Crippen molar-refractivity contribution in [2.75, 3.05) is 5.73 Å². The van der Waals surface area contributed by atoms with E-state index >= 15 is 0 Å². The van der Waals surface area contributed by atoms with Gasteiger partial charge >= 0.3 is 10.8 Å². The van der Waals surface area contributed by atoms with E-state index in [1.807, 2.05) is 0 Å². The Morgan fingerprint density at radius 3 is 2.88 bits per heavy atom. The summed E-state index contributed by atoms with van der Waals surface area (Å²) < 4.78 is 11.9. The number of nitrogen functional groups attached to an aromatic ring is 1. The molecule has 0 spiro atoms. The highest BCUT2D eigenvalue weighted by atomic mass is 32.1. The lowest BCUT2D eigenvalue weighted by Gasteiger charge is -2.21. The number of thiazole rings is 1. The number of ether oxygens (including phenoxy) is 2. The summed E-state index contributed by atoms with van der Waals surface area (Å²) in [7, 11) is 0. The van der Waals surface area contributed by atoms with Crippen molar-refractivity contribution in [3.8, 4) is 0 Å². The molecular weight excluding hydrogens is 352 g/mol. The number of hydrogen-bond acceptors (Lipinski definition) is 9. The highest BCUT2D eigenvalue weighted by Crippen LogP contribution is 2.30. The molecule has 11 heteroatoms. The minimum absolute atomic E-state index is 0.00390. The average Bonchev–Trinajstić information content (AvgIpc) is 3.04. The quantitative estimate of drug-likeness (QED) is 0.713. The van der Waals surface area contributed by atoms with Crippen LogP contribution in [0.25, 0.3) is 10.3 Å². The molecule has 134 valence electrons. The van der Waals surface area contributed by atoms with Crippen molar-refractivity contribution in [1.82, 2.24) is 14.5 Å². The molecule has 1 saturated heterocycles. The zero-order chi connectivity index (χ0) is 18.3. The molecule has 3 atom stereocenters. The van der Waals surface area contributed by atoms with Gasteiger partial charge in [0.15, 0.2) is 17.7 Å². The van der Waals surface area contributed by atoms with Gasteiger partial charge in [0.1, 0.15) is 16.9 Å². The summed E-state index contributed by atoms with van der Waals surface area (Å²) in [4.78, 5) is 53.5. The van der Waals surface area contributed by atoms with E-state index in [1.54, 1.807) is 6.92 Å². The number of carbonyl (C=O) groups is 2. The van der Waals surface area contributed by atoms with Crippen molar-refractivity contribution in [3.63, 3.8) is 0 Å². The molecule has 0 bridgehead atoms. The molecule has 1 fully saturated rings. The van der Waals surface area contributed by atoms with Gasteiger partial charge in [-0.2, -0.15) is 4.98 Å². The SMILES string of the molecule is CCC(OC(C)=O)C1CC(=O)C(n2c(=O)sc3c(=O)[nH]c(N)nc32)O1. The number of Topliss-reactive ketones (excluding diaryl/α,β-unsaturated/α-hetero) is 1. The molecule has 10 nitrogen and oxygen atoms in total. The first-order valence-corrected chi connectivity index (χ1v) is 8.39. The fraction of sp³-hybridized carbons (Fsp3) is 0.500. The van der Waals surface area contributed by atoms with Gasteiger partial charge in [-0.05, 0) is 6.42 Å². The number of ketones is 1. The predicted octanol–water partition coefficient (Wildman–Crippen LogP) is -0.0732. The van der Waals surface area contributed by atoms with Crippen LogP contribution in [0.5, 0.6) is 0 Å². The zero-order valence-electron chi connectivity index (χ0n) is 13.5. The van der Waals surface area contributed by atoms with Crippen molar-refractivity contribution >= 4 is 39.4 Å². The van der Waals surface area contributed by atoms with Crippen molar-refractivity contribution in [2.24, 2.45) is 0 Å². The number of aromatic nitrogens is 3. The van der Waals surface area contributed by atoms with Crippen molar-refractivity contribution < 1.29 is 19.1 Å². The summed E-state index contributed by atoms with van der Waals surface area (Å²) in [5.41, 5.74) is 4.96. The number of aromatic amines is 1. The van der Waals surface area contributed by atoms with Gasteiger partial charge in [0.05, 0.1) is 0 Å². The predicted molar refractivity (Wildman–Crippen MR) is 88.3 cm³/mol. The molecule has 2 aromatic heterocycles. The summed E-state index contributed by atoms with van der Waals surface area (Å²) in [6.07, 6.45) is -2.07. The van der Waals surface area contributed by atoms with Gasteiger partial charge in [-0.3, -0.25) is 24.2 Å². The average molecular weight is 368 g/mol. The maximum absolute atomic E-state index is 12.4. The van der Waals surface area contributed by atoms with E-state index in [9.17, 15) is 19.2 Å². The monoisotopic (exact) mass is 368 g/mol. The van der Waals surface area contributed by atoms with E-state index in [4.69, 9.17) is 15.2 Å².